The van der Waals surface area contributed by atoms with E-state index in [1.807, 2.05) is 55.5 Å². The van der Waals surface area contributed by atoms with Gasteiger partial charge in [-0.05, 0) is 30.7 Å². The number of ether oxygens (including phenoxy) is 1. The Morgan fingerprint density at radius 3 is 2.81 bits per heavy atom. The second kappa shape index (κ2) is 6.10. The lowest BCUT2D eigenvalue weighted by Gasteiger charge is -2.02. The number of rotatable bonds is 4. The third-order valence-electron chi connectivity index (χ3n) is 3.01. The van der Waals surface area contributed by atoms with Gasteiger partial charge < -0.3 is 9.26 Å². The molecular formula is C16H13BrN2O2. The molecule has 2 aromatic carbocycles. The molecule has 0 atom stereocenters. The van der Waals surface area contributed by atoms with Crippen molar-refractivity contribution in [1.29, 1.82) is 0 Å². The molecule has 0 fully saturated rings. The molecule has 1 aromatic heterocycles. The molecule has 0 aliphatic rings. The van der Waals surface area contributed by atoms with E-state index in [4.69, 9.17) is 9.26 Å². The van der Waals surface area contributed by atoms with Gasteiger partial charge in [0.2, 0.25) is 5.82 Å². The quantitative estimate of drug-likeness (QED) is 0.704. The predicted molar refractivity (Wildman–Crippen MR) is 82.9 cm³/mol. The number of nitrogens with zero attached hydrogens (tertiary/aromatic N) is 2. The van der Waals surface area contributed by atoms with Gasteiger partial charge >= 0.3 is 0 Å². The predicted octanol–water partition coefficient (Wildman–Crippen LogP) is 4.39. The zero-order valence-electron chi connectivity index (χ0n) is 11.4. The summed E-state index contributed by atoms with van der Waals surface area (Å²) in [4.78, 5) is 4.36. The van der Waals surface area contributed by atoms with Crippen molar-refractivity contribution in [2.45, 2.75) is 13.5 Å². The van der Waals surface area contributed by atoms with Gasteiger partial charge in [-0.2, -0.15) is 4.98 Å². The molecule has 0 N–H and O–H groups in total. The molecule has 0 saturated heterocycles. The Morgan fingerprint density at radius 1 is 1.14 bits per heavy atom. The van der Waals surface area contributed by atoms with E-state index in [-0.39, 0.29) is 6.61 Å². The van der Waals surface area contributed by atoms with Crippen molar-refractivity contribution in [1.82, 2.24) is 10.1 Å². The number of aromatic nitrogens is 2. The molecular weight excluding hydrogens is 332 g/mol. The molecule has 0 amide bonds. The molecule has 0 aliphatic heterocycles. The number of aryl methyl sites for hydroxylation is 1. The molecule has 5 heteroatoms. The number of hydrogen-bond acceptors (Lipinski definition) is 4. The van der Waals surface area contributed by atoms with E-state index in [9.17, 15) is 0 Å². The minimum absolute atomic E-state index is 0.245. The SMILES string of the molecule is Cc1ccccc1-c1noc(COc2cccc(Br)c2)n1. The maximum atomic E-state index is 5.63. The van der Waals surface area contributed by atoms with Gasteiger partial charge in [-0.1, -0.05) is 51.4 Å². The Morgan fingerprint density at radius 2 is 2.00 bits per heavy atom. The van der Waals surface area contributed by atoms with Crippen molar-refractivity contribution < 1.29 is 9.26 Å². The van der Waals surface area contributed by atoms with Crippen LogP contribution in [0.5, 0.6) is 5.75 Å². The van der Waals surface area contributed by atoms with Crippen LogP contribution < -0.4 is 4.74 Å². The monoisotopic (exact) mass is 344 g/mol. The Kier molecular flexibility index (Phi) is 4.01. The Labute approximate surface area is 130 Å². The summed E-state index contributed by atoms with van der Waals surface area (Å²) in [5.74, 6) is 1.79. The highest BCUT2D eigenvalue weighted by Crippen LogP contribution is 2.21. The first-order chi connectivity index (χ1) is 10.2. The number of benzene rings is 2. The highest BCUT2D eigenvalue weighted by atomic mass is 79.9. The van der Waals surface area contributed by atoms with Crippen LogP contribution in [0, 0.1) is 6.92 Å². The Hall–Kier alpha value is -2.14. The maximum Gasteiger partial charge on any atom is 0.264 e. The van der Waals surface area contributed by atoms with Crippen LogP contribution in [0.15, 0.2) is 57.5 Å². The fraction of sp³-hybridized carbons (Fsp3) is 0.125. The summed E-state index contributed by atoms with van der Waals surface area (Å²) >= 11 is 3.40. The summed E-state index contributed by atoms with van der Waals surface area (Å²) in [5.41, 5.74) is 2.08. The minimum Gasteiger partial charge on any atom is -0.484 e. The van der Waals surface area contributed by atoms with Gasteiger partial charge in [0.1, 0.15) is 5.75 Å². The Bertz CT molecular complexity index is 755. The van der Waals surface area contributed by atoms with Crippen molar-refractivity contribution in [2.24, 2.45) is 0 Å². The molecule has 4 nitrogen and oxygen atoms in total. The van der Waals surface area contributed by atoms with Gasteiger partial charge in [-0.25, -0.2) is 0 Å². The first-order valence-electron chi connectivity index (χ1n) is 6.49. The van der Waals surface area contributed by atoms with Gasteiger partial charge in [-0.3, -0.25) is 0 Å². The smallest absolute Gasteiger partial charge is 0.264 e. The minimum atomic E-state index is 0.245. The molecule has 0 saturated carbocycles. The van der Waals surface area contributed by atoms with Crippen LogP contribution in [-0.2, 0) is 6.61 Å². The van der Waals surface area contributed by atoms with E-state index in [1.54, 1.807) is 0 Å². The summed E-state index contributed by atoms with van der Waals surface area (Å²) < 4.78 is 11.8. The van der Waals surface area contributed by atoms with Crippen LogP contribution in [-0.4, -0.2) is 10.1 Å². The summed E-state index contributed by atoms with van der Waals surface area (Å²) in [6.07, 6.45) is 0. The first kappa shape index (κ1) is 13.8. The molecule has 1 heterocycles. The van der Waals surface area contributed by atoms with E-state index in [0.29, 0.717) is 11.7 Å². The lowest BCUT2D eigenvalue weighted by molar-refractivity contribution is 0.243. The van der Waals surface area contributed by atoms with Crippen LogP contribution in [0.4, 0.5) is 0 Å². The molecule has 0 bridgehead atoms. The van der Waals surface area contributed by atoms with Crippen LogP contribution in [0.2, 0.25) is 0 Å². The van der Waals surface area contributed by atoms with Crippen LogP contribution >= 0.6 is 15.9 Å². The molecule has 0 radical (unpaired) electrons. The standard InChI is InChI=1S/C16H13BrN2O2/c1-11-5-2-3-8-14(11)16-18-15(21-19-16)10-20-13-7-4-6-12(17)9-13/h2-9H,10H2,1H3. The van der Waals surface area contributed by atoms with E-state index >= 15 is 0 Å². The molecule has 21 heavy (non-hydrogen) atoms. The summed E-state index contributed by atoms with van der Waals surface area (Å²) in [5, 5.41) is 4.00. The van der Waals surface area contributed by atoms with E-state index in [2.05, 4.69) is 26.1 Å². The second-order valence-electron chi connectivity index (χ2n) is 4.57. The van der Waals surface area contributed by atoms with E-state index < -0.39 is 0 Å². The van der Waals surface area contributed by atoms with E-state index in [0.717, 1.165) is 21.3 Å². The third-order valence-corrected chi connectivity index (χ3v) is 3.51. The second-order valence-corrected chi connectivity index (χ2v) is 5.49. The van der Waals surface area contributed by atoms with Gasteiger partial charge in [0.05, 0.1) is 0 Å². The van der Waals surface area contributed by atoms with Crippen molar-refractivity contribution in [3.63, 3.8) is 0 Å². The fourth-order valence-electron chi connectivity index (χ4n) is 1.95. The largest absolute Gasteiger partial charge is 0.484 e. The Balaban J connectivity index is 1.72. The summed E-state index contributed by atoms with van der Waals surface area (Å²) in [7, 11) is 0. The van der Waals surface area contributed by atoms with Gasteiger partial charge in [0.15, 0.2) is 6.61 Å². The molecule has 106 valence electrons. The number of halogens is 1. The molecule has 3 aromatic rings. The van der Waals surface area contributed by atoms with E-state index in [1.165, 1.54) is 0 Å². The van der Waals surface area contributed by atoms with Crippen LogP contribution in [0.3, 0.4) is 0 Å². The van der Waals surface area contributed by atoms with Crippen LogP contribution in [0.25, 0.3) is 11.4 Å². The van der Waals surface area contributed by atoms with Crippen molar-refractivity contribution in [3.05, 3.63) is 64.5 Å². The van der Waals surface area contributed by atoms with Crippen molar-refractivity contribution in [2.75, 3.05) is 0 Å². The van der Waals surface area contributed by atoms with Gasteiger partial charge in [-0.15, -0.1) is 0 Å². The topological polar surface area (TPSA) is 48.2 Å². The molecule has 0 unspecified atom stereocenters. The van der Waals surface area contributed by atoms with Gasteiger partial charge in [0, 0.05) is 10.0 Å². The molecule has 0 spiro atoms. The lowest BCUT2D eigenvalue weighted by Crippen LogP contribution is -1.95. The third kappa shape index (κ3) is 3.31. The summed E-state index contributed by atoms with van der Waals surface area (Å²) in [6, 6.07) is 15.5. The first-order valence-corrected chi connectivity index (χ1v) is 7.28. The zero-order chi connectivity index (χ0) is 14.7. The molecule has 3 rings (SSSR count). The highest BCUT2D eigenvalue weighted by Gasteiger charge is 2.10. The fourth-order valence-corrected chi connectivity index (χ4v) is 2.33. The normalized spacial score (nSPS) is 10.6. The highest BCUT2D eigenvalue weighted by molar-refractivity contribution is 9.10. The van der Waals surface area contributed by atoms with Crippen molar-refractivity contribution >= 4 is 15.9 Å². The lowest BCUT2D eigenvalue weighted by atomic mass is 10.1. The zero-order valence-corrected chi connectivity index (χ0v) is 13.0. The van der Waals surface area contributed by atoms with Crippen molar-refractivity contribution in [3.8, 4) is 17.1 Å². The van der Waals surface area contributed by atoms with Crippen LogP contribution in [0.1, 0.15) is 11.5 Å². The number of hydrogen-bond donors (Lipinski definition) is 0. The average molecular weight is 345 g/mol. The maximum absolute atomic E-state index is 5.63. The average Bonchev–Trinajstić information content (AvgIpc) is 2.94. The van der Waals surface area contributed by atoms with Gasteiger partial charge in [0.25, 0.3) is 5.89 Å². The summed E-state index contributed by atoms with van der Waals surface area (Å²) in [6.45, 7) is 2.26. The molecule has 0 aliphatic carbocycles.